The zero-order valence-corrected chi connectivity index (χ0v) is 18.2. The lowest BCUT2D eigenvalue weighted by molar-refractivity contribution is -0.149. The van der Waals surface area contributed by atoms with Crippen LogP contribution in [-0.2, 0) is 24.1 Å². The lowest BCUT2D eigenvalue weighted by Gasteiger charge is -2.27. The molecule has 2 heterocycles. The number of esters is 1. The third-order valence-corrected chi connectivity index (χ3v) is 7.52. The summed E-state index contributed by atoms with van der Waals surface area (Å²) in [7, 11) is -2.44. The van der Waals surface area contributed by atoms with Gasteiger partial charge in [0.2, 0.25) is 0 Å². The molecular formula is C22H23NO7S. The van der Waals surface area contributed by atoms with Crippen LogP contribution in [0.1, 0.15) is 35.8 Å². The van der Waals surface area contributed by atoms with Gasteiger partial charge >= 0.3 is 5.97 Å². The minimum absolute atomic E-state index is 0.0442. The van der Waals surface area contributed by atoms with E-state index in [4.69, 9.17) is 14.2 Å². The van der Waals surface area contributed by atoms with E-state index in [-0.39, 0.29) is 23.8 Å². The normalized spacial score (nSPS) is 23.9. The van der Waals surface area contributed by atoms with Crippen LogP contribution in [0.2, 0.25) is 0 Å². The molecule has 0 amide bonds. The topological polar surface area (TPSA) is 105 Å². The first-order chi connectivity index (χ1) is 14.8. The Kier molecular flexibility index (Phi) is 5.59. The van der Waals surface area contributed by atoms with Gasteiger partial charge in [-0.15, -0.1) is 4.31 Å². The maximum Gasteiger partial charge on any atom is 0.314 e. The van der Waals surface area contributed by atoms with Gasteiger partial charge in [-0.05, 0) is 50.2 Å². The first kappa shape index (κ1) is 21.5. The van der Waals surface area contributed by atoms with Gasteiger partial charge < -0.3 is 18.8 Å². The fraction of sp³-hybridized carbons (Fsp3) is 0.364. The molecule has 2 aromatic rings. The van der Waals surface area contributed by atoms with Crippen LogP contribution >= 0.6 is 0 Å². The smallest absolute Gasteiger partial charge is 0.314 e. The number of benzene rings is 2. The summed E-state index contributed by atoms with van der Waals surface area (Å²) in [5, 5.41) is 0. The van der Waals surface area contributed by atoms with Gasteiger partial charge in [-0.25, -0.2) is 0 Å². The van der Waals surface area contributed by atoms with Gasteiger partial charge in [0.05, 0.1) is 20.3 Å². The van der Waals surface area contributed by atoms with Crippen LogP contribution in [0, 0.1) is 5.92 Å². The number of carbonyl (C=O) groups is 2. The Labute approximate surface area is 181 Å². The number of rotatable bonds is 6. The molecule has 0 saturated carbocycles. The Balaban J connectivity index is 1.75. The molecule has 0 spiro atoms. The highest BCUT2D eigenvalue weighted by atomic mass is 32.3. The van der Waals surface area contributed by atoms with Crippen molar-refractivity contribution in [1.29, 1.82) is 0 Å². The Morgan fingerprint density at radius 3 is 2.55 bits per heavy atom. The number of nitrogens with zero attached hydrogens (tertiary/aromatic N) is 1. The molecule has 9 heteroatoms. The second-order valence-corrected chi connectivity index (χ2v) is 9.34. The van der Waals surface area contributed by atoms with E-state index in [9.17, 15) is 18.4 Å². The van der Waals surface area contributed by atoms with E-state index in [0.29, 0.717) is 22.6 Å². The molecule has 4 atom stereocenters. The quantitative estimate of drug-likeness (QED) is 0.382. The zero-order valence-electron chi connectivity index (χ0n) is 17.4. The SMILES string of the molecule is CCOC(=O)[C@@H]1CN([S+](=O)([O-])c2ccc(C(C)=O)cc2)[C@H]2c3ccc(OC)cc3O[C@@H]12. The van der Waals surface area contributed by atoms with Crippen LogP contribution in [0.5, 0.6) is 11.5 Å². The molecule has 164 valence electrons. The molecule has 0 aromatic heterocycles. The minimum atomic E-state index is -3.97. The van der Waals surface area contributed by atoms with Crippen molar-refractivity contribution < 1.29 is 32.6 Å². The fourth-order valence-corrected chi connectivity index (χ4v) is 5.75. The summed E-state index contributed by atoms with van der Waals surface area (Å²) in [5.41, 5.74) is 1.09. The van der Waals surface area contributed by atoms with Gasteiger partial charge in [0.1, 0.15) is 29.6 Å². The van der Waals surface area contributed by atoms with E-state index in [1.165, 1.54) is 42.6 Å². The van der Waals surface area contributed by atoms with Crippen LogP contribution in [0.4, 0.5) is 0 Å². The predicted octanol–water partition coefficient (Wildman–Crippen LogP) is 2.80. The fourth-order valence-electron chi connectivity index (χ4n) is 4.11. The number of hydrogen-bond donors (Lipinski definition) is 0. The first-order valence-electron chi connectivity index (χ1n) is 9.92. The molecule has 31 heavy (non-hydrogen) atoms. The van der Waals surface area contributed by atoms with E-state index >= 15 is 0 Å². The van der Waals surface area contributed by atoms with E-state index in [1.807, 2.05) is 0 Å². The summed E-state index contributed by atoms with van der Waals surface area (Å²) in [6.07, 6.45) is -0.701. The van der Waals surface area contributed by atoms with Crippen molar-refractivity contribution in [2.24, 2.45) is 5.92 Å². The van der Waals surface area contributed by atoms with Crippen LogP contribution in [0.3, 0.4) is 0 Å². The molecule has 0 bridgehead atoms. The summed E-state index contributed by atoms with van der Waals surface area (Å²) in [6, 6.07) is 10.3. The first-order valence-corrected chi connectivity index (χ1v) is 11.4. The third kappa shape index (κ3) is 3.62. The Hall–Kier alpha value is -2.75. The van der Waals surface area contributed by atoms with Crippen LogP contribution in [-0.4, -0.2) is 47.0 Å². The van der Waals surface area contributed by atoms with Crippen LogP contribution < -0.4 is 9.47 Å². The number of sulfonamides is 1. The number of ether oxygens (including phenoxy) is 3. The van der Waals surface area contributed by atoms with Gasteiger partial charge in [0.15, 0.2) is 21.1 Å². The van der Waals surface area contributed by atoms with E-state index in [2.05, 4.69) is 0 Å². The van der Waals surface area contributed by atoms with E-state index in [0.717, 1.165) is 0 Å². The molecule has 2 aromatic carbocycles. The summed E-state index contributed by atoms with van der Waals surface area (Å²) in [6.45, 7) is 3.24. The van der Waals surface area contributed by atoms with Crippen molar-refractivity contribution in [2.45, 2.75) is 30.9 Å². The molecule has 0 radical (unpaired) electrons. The molecule has 2 aliphatic heterocycles. The number of methoxy groups -OCH3 is 1. The van der Waals surface area contributed by atoms with E-state index in [1.54, 1.807) is 25.1 Å². The van der Waals surface area contributed by atoms with E-state index < -0.39 is 34.4 Å². The van der Waals surface area contributed by atoms with Crippen molar-refractivity contribution >= 4 is 22.2 Å². The highest BCUT2D eigenvalue weighted by Crippen LogP contribution is 2.51. The highest BCUT2D eigenvalue weighted by Gasteiger charge is 2.59. The summed E-state index contributed by atoms with van der Waals surface area (Å²) >= 11 is 0. The van der Waals surface area contributed by atoms with Gasteiger partial charge in [-0.3, -0.25) is 9.59 Å². The summed E-state index contributed by atoms with van der Waals surface area (Å²) in [5.74, 6) is -0.368. The molecule has 0 aliphatic carbocycles. The van der Waals surface area contributed by atoms with Crippen molar-refractivity contribution in [3.63, 3.8) is 0 Å². The second kappa shape index (κ2) is 8.07. The maximum absolute atomic E-state index is 13.5. The Morgan fingerprint density at radius 1 is 1.23 bits per heavy atom. The number of fused-ring (bicyclic) bond motifs is 3. The van der Waals surface area contributed by atoms with Gasteiger partial charge in [0, 0.05) is 17.2 Å². The summed E-state index contributed by atoms with van der Waals surface area (Å²) < 4.78 is 44.8. The lowest BCUT2D eigenvalue weighted by Crippen LogP contribution is -2.37. The monoisotopic (exact) mass is 445 g/mol. The number of hydrogen-bond acceptors (Lipinski definition) is 7. The number of Topliss-reactive ketones (excluding diaryl/α,β-unsaturated/α-hetero) is 1. The molecule has 0 N–H and O–H groups in total. The minimum Gasteiger partial charge on any atom is -0.593 e. The van der Waals surface area contributed by atoms with Gasteiger partial charge in [-0.2, -0.15) is 0 Å². The third-order valence-electron chi connectivity index (χ3n) is 5.65. The molecule has 1 fully saturated rings. The maximum atomic E-state index is 13.5. The lowest BCUT2D eigenvalue weighted by atomic mass is 9.99. The standard InChI is InChI=1S/C22H23NO7S/c1-4-29-22(25)18-12-23(31(26,27)16-8-5-14(6-9-16)13(2)24)20-17-10-7-15(28-3)11-19(17)30-21(18)20/h5-11,18,20-21H,4,12H2,1-3H3/t18-,20+,21+/m1/s1. The van der Waals surface area contributed by atoms with Gasteiger partial charge in [-0.1, -0.05) is 4.21 Å². The number of carbonyl (C=O) groups excluding carboxylic acids is 2. The zero-order chi connectivity index (χ0) is 22.3. The molecule has 2 aliphatic rings. The van der Waals surface area contributed by atoms with Crippen LogP contribution in [0.25, 0.3) is 0 Å². The average molecular weight is 445 g/mol. The molecular weight excluding hydrogens is 422 g/mol. The van der Waals surface area contributed by atoms with Gasteiger partial charge in [0.25, 0.3) is 0 Å². The molecule has 4 rings (SSSR count). The van der Waals surface area contributed by atoms with Crippen molar-refractivity contribution in [3.05, 3.63) is 53.6 Å². The van der Waals surface area contributed by atoms with Crippen molar-refractivity contribution in [1.82, 2.24) is 4.31 Å². The molecule has 1 saturated heterocycles. The number of ketones is 1. The molecule has 1 unspecified atom stereocenters. The summed E-state index contributed by atoms with van der Waals surface area (Å²) in [4.78, 5) is 24.2. The van der Waals surface area contributed by atoms with Crippen molar-refractivity contribution in [3.8, 4) is 11.5 Å². The predicted molar refractivity (Wildman–Crippen MR) is 111 cm³/mol. The molecule has 8 nitrogen and oxygen atoms in total. The van der Waals surface area contributed by atoms with Crippen LogP contribution in [0.15, 0.2) is 47.4 Å². The second-order valence-electron chi connectivity index (χ2n) is 7.44. The average Bonchev–Trinajstić information content (AvgIpc) is 3.30. The highest BCUT2D eigenvalue weighted by molar-refractivity contribution is 7.95. The largest absolute Gasteiger partial charge is 0.593 e. The Morgan fingerprint density at radius 2 is 1.94 bits per heavy atom. The Bertz CT molecular complexity index is 1070. The van der Waals surface area contributed by atoms with Crippen molar-refractivity contribution in [2.75, 3.05) is 20.3 Å².